The maximum absolute atomic E-state index is 13.4. The number of ether oxygens (including phenoxy) is 4. The molecule has 0 radical (unpaired) electrons. The van der Waals surface area contributed by atoms with E-state index in [-0.39, 0.29) is 22.6 Å². The van der Waals surface area contributed by atoms with Crippen molar-refractivity contribution >= 4 is 26.0 Å². The molecule has 0 spiro atoms. The normalized spacial score (nSPS) is 12.9. The number of hydrogen-bond acceptors (Lipinski definition) is 10. The smallest absolute Gasteiger partial charge is 0.272 e. The summed E-state index contributed by atoms with van der Waals surface area (Å²) in [7, 11) is -7.14. The van der Waals surface area contributed by atoms with Crippen molar-refractivity contribution in [3.05, 3.63) is 47.5 Å². The van der Waals surface area contributed by atoms with Gasteiger partial charge in [-0.05, 0) is 48.2 Å². The zero-order valence-electron chi connectivity index (χ0n) is 37.3. The Balaban J connectivity index is 1.92. The largest absolute Gasteiger partial charge is 0.747 e. The number of Topliss-reactive ketones (excluding diaryl/α,β-unsaturated/α-hetero) is 1. The van der Waals surface area contributed by atoms with Crippen LogP contribution in [0.15, 0.2) is 36.4 Å². The van der Waals surface area contributed by atoms with Crippen molar-refractivity contribution in [2.45, 2.75) is 191 Å². The molecule has 1 N–H and O–H groups in total. The molecule has 2 aromatic carbocycles. The zero-order valence-corrected chi connectivity index (χ0v) is 38.9. The maximum atomic E-state index is 13.4. The number of rotatable bonds is 38. The summed E-state index contributed by atoms with van der Waals surface area (Å²) in [4.78, 5) is 13.4. The monoisotopic (exact) mass is 881 g/mol. The molecule has 344 valence electrons. The van der Waals surface area contributed by atoms with E-state index < -0.39 is 49.4 Å². The molecular weight excluding hydrogens is 805 g/mol. The third-order valence-electron chi connectivity index (χ3n) is 11.2. The van der Waals surface area contributed by atoms with Crippen molar-refractivity contribution in [1.29, 1.82) is 0 Å². The van der Waals surface area contributed by atoms with Gasteiger partial charge in [0.15, 0.2) is 23.0 Å². The Labute approximate surface area is 363 Å². The fraction of sp³-hybridized carbons (Fsp3) is 0.723. The van der Waals surface area contributed by atoms with E-state index in [1.165, 1.54) is 166 Å². The molecule has 11 nitrogen and oxygen atoms in total. The molecule has 2 atom stereocenters. The Hall–Kier alpha value is -2.87. The quantitative estimate of drug-likeness (QED) is 0.0504. The fourth-order valence-electron chi connectivity index (χ4n) is 7.54. The summed E-state index contributed by atoms with van der Waals surface area (Å²) in [6, 6.07) is 8.59. The van der Waals surface area contributed by atoms with Crippen LogP contribution in [-0.2, 0) is 25.0 Å². The second-order valence-electron chi connectivity index (χ2n) is 16.2. The minimum Gasteiger partial charge on any atom is -0.747 e. The molecule has 0 bridgehead atoms. The van der Waals surface area contributed by atoms with Gasteiger partial charge in [-0.3, -0.25) is 9.35 Å². The first-order chi connectivity index (χ1) is 28.8. The highest BCUT2D eigenvalue weighted by Crippen LogP contribution is 2.38. The molecule has 0 amide bonds. The first kappa shape index (κ1) is 53.3. The van der Waals surface area contributed by atoms with Gasteiger partial charge in [-0.1, -0.05) is 167 Å². The lowest BCUT2D eigenvalue weighted by molar-refractivity contribution is -0.119. The van der Waals surface area contributed by atoms with Crippen LogP contribution in [-0.4, -0.2) is 59.2 Å². The van der Waals surface area contributed by atoms with E-state index >= 15 is 0 Å². The standard InChI is InChI=1S/C47H78O11S2/c1-5-7-9-11-13-15-17-19-21-23-25-27-33-57-42-31-29-39(35-44(42)55-3)46(59(49,50)51)37-41(48)38-47(60(52,53)54)40-30-32-43(45(36-40)56-4)58-34-28-26-24-22-20-18-16-14-12-10-8-6-2/h29-32,35-36,46-47H,5-28,33-34,37-38H2,1-4H3,(H,49,50,51)(H,52,53,54)/p-1. The molecule has 0 heterocycles. The van der Waals surface area contributed by atoms with Crippen molar-refractivity contribution in [3.8, 4) is 23.0 Å². The first-order valence-corrected chi connectivity index (χ1v) is 25.9. The van der Waals surface area contributed by atoms with Gasteiger partial charge >= 0.3 is 0 Å². The van der Waals surface area contributed by atoms with Crippen LogP contribution in [0.2, 0.25) is 0 Å². The minimum atomic E-state index is -5.08. The van der Waals surface area contributed by atoms with Crippen molar-refractivity contribution in [2.24, 2.45) is 0 Å². The number of unbranched alkanes of at least 4 members (excludes halogenated alkanes) is 22. The Morgan fingerprint density at radius 1 is 0.517 bits per heavy atom. The van der Waals surface area contributed by atoms with Crippen LogP contribution in [0.4, 0.5) is 0 Å². The molecule has 0 aliphatic heterocycles. The molecule has 0 aromatic heterocycles. The molecule has 0 saturated carbocycles. The summed E-state index contributed by atoms with van der Waals surface area (Å²) in [6.45, 7) is 5.34. The molecule has 0 aliphatic carbocycles. The van der Waals surface area contributed by atoms with E-state index in [1.54, 1.807) is 0 Å². The lowest BCUT2D eigenvalue weighted by atomic mass is 10.0. The van der Waals surface area contributed by atoms with Gasteiger partial charge in [-0.25, -0.2) is 8.42 Å². The zero-order chi connectivity index (χ0) is 44.1. The topological polar surface area (TPSA) is 166 Å². The number of benzene rings is 2. The molecule has 2 rings (SSSR count). The summed E-state index contributed by atoms with van der Waals surface area (Å²) in [5, 5.41) is -3.55. The van der Waals surface area contributed by atoms with Gasteiger partial charge in [0.25, 0.3) is 10.1 Å². The van der Waals surface area contributed by atoms with E-state index in [0.717, 1.165) is 38.5 Å². The Kier molecular flexibility index (Phi) is 27.6. The van der Waals surface area contributed by atoms with E-state index in [4.69, 9.17) is 18.9 Å². The van der Waals surface area contributed by atoms with Crippen LogP contribution >= 0.6 is 0 Å². The second kappa shape index (κ2) is 31.0. The molecular formula is C47H77O11S2-. The van der Waals surface area contributed by atoms with E-state index in [1.807, 2.05) is 0 Å². The van der Waals surface area contributed by atoms with Crippen LogP contribution in [0.3, 0.4) is 0 Å². The third-order valence-corrected chi connectivity index (χ3v) is 13.5. The maximum Gasteiger partial charge on any atom is 0.272 e. The summed E-state index contributed by atoms with van der Waals surface area (Å²) < 4.78 is 95.6. The van der Waals surface area contributed by atoms with Gasteiger partial charge in [-0.2, -0.15) is 8.42 Å². The predicted octanol–water partition coefficient (Wildman–Crippen LogP) is 12.4. The molecule has 2 unspecified atom stereocenters. The SMILES string of the molecule is CCCCCCCCCCCCCCOc1ccc(C(CC(=O)CC(c2ccc(OCCCCCCCCCCCCCC)c(OC)c2)S(=O)(=O)O)S(=O)(=O)[O-])cc1OC. The highest BCUT2D eigenvalue weighted by atomic mass is 32.2. The summed E-state index contributed by atoms with van der Waals surface area (Å²) in [5.74, 6) is 0.342. The summed E-state index contributed by atoms with van der Waals surface area (Å²) >= 11 is 0. The van der Waals surface area contributed by atoms with Crippen LogP contribution in [0, 0.1) is 0 Å². The van der Waals surface area contributed by atoms with Crippen molar-refractivity contribution in [2.75, 3.05) is 27.4 Å². The van der Waals surface area contributed by atoms with Crippen LogP contribution in [0.1, 0.15) is 202 Å². The van der Waals surface area contributed by atoms with Crippen molar-refractivity contribution < 1.29 is 49.7 Å². The number of ketones is 1. The van der Waals surface area contributed by atoms with Crippen molar-refractivity contribution in [1.82, 2.24) is 0 Å². The van der Waals surface area contributed by atoms with Gasteiger partial charge in [0, 0.05) is 12.8 Å². The first-order valence-electron chi connectivity index (χ1n) is 22.9. The molecule has 0 saturated heterocycles. The fourth-order valence-corrected chi connectivity index (χ4v) is 9.29. The van der Waals surface area contributed by atoms with Gasteiger partial charge in [0.1, 0.15) is 21.2 Å². The summed E-state index contributed by atoms with van der Waals surface area (Å²) in [6.07, 6.45) is 27.6. The molecule has 0 fully saturated rings. The van der Waals surface area contributed by atoms with Gasteiger partial charge in [-0.15, -0.1) is 0 Å². The molecule has 13 heteroatoms. The average molecular weight is 882 g/mol. The molecule has 2 aromatic rings. The van der Waals surface area contributed by atoms with Gasteiger partial charge in [0.2, 0.25) is 0 Å². The van der Waals surface area contributed by atoms with Crippen LogP contribution in [0.25, 0.3) is 0 Å². The van der Waals surface area contributed by atoms with Gasteiger partial charge < -0.3 is 23.5 Å². The number of carbonyl (C=O) groups excluding carboxylic acids is 1. The lowest BCUT2D eigenvalue weighted by Crippen LogP contribution is -2.21. The minimum absolute atomic E-state index is 0.00709. The molecule has 60 heavy (non-hydrogen) atoms. The highest BCUT2D eigenvalue weighted by molar-refractivity contribution is 7.86. The highest BCUT2D eigenvalue weighted by Gasteiger charge is 2.32. The molecule has 0 aliphatic rings. The van der Waals surface area contributed by atoms with Crippen molar-refractivity contribution in [3.63, 3.8) is 0 Å². The number of hydrogen-bond donors (Lipinski definition) is 1. The number of methoxy groups -OCH3 is 2. The number of carbonyl (C=O) groups is 1. The average Bonchev–Trinajstić information content (AvgIpc) is 3.21. The van der Waals surface area contributed by atoms with E-state index in [9.17, 15) is 30.7 Å². The Bertz CT molecular complexity index is 1560. The lowest BCUT2D eigenvalue weighted by Gasteiger charge is -2.23. The Morgan fingerprint density at radius 3 is 1.15 bits per heavy atom. The summed E-state index contributed by atoms with van der Waals surface area (Å²) in [5.41, 5.74) is 0.0611. The van der Waals surface area contributed by atoms with E-state index in [0.29, 0.717) is 24.7 Å². The third kappa shape index (κ3) is 22.3. The second-order valence-corrected chi connectivity index (χ2v) is 19.4. The van der Waals surface area contributed by atoms with E-state index in [2.05, 4.69) is 13.8 Å². The predicted molar refractivity (Wildman–Crippen MR) is 240 cm³/mol. The van der Waals surface area contributed by atoms with Crippen LogP contribution < -0.4 is 18.9 Å². The Morgan fingerprint density at radius 2 is 0.833 bits per heavy atom. The van der Waals surface area contributed by atoms with Gasteiger partial charge in [0.05, 0.1) is 32.7 Å². The van der Waals surface area contributed by atoms with Crippen LogP contribution in [0.5, 0.6) is 23.0 Å².